The van der Waals surface area contributed by atoms with E-state index in [2.05, 4.69) is 163 Å². The Morgan fingerprint density at radius 1 is 0.455 bits per heavy atom. The number of hydrogen-bond donors (Lipinski definition) is 0. The molecule has 0 N–H and O–H groups in total. The Morgan fingerprint density at radius 3 is 1.96 bits per heavy atom. The Morgan fingerprint density at radius 2 is 1.11 bits per heavy atom. The van der Waals surface area contributed by atoms with Crippen LogP contribution in [0.2, 0.25) is 0 Å². The number of hydrogen-bond acceptors (Lipinski definition) is 6. The molecule has 0 unspecified atom stereocenters. The normalized spacial score (nSPS) is 12.0. The quantitative estimate of drug-likeness (QED) is 0.176. The van der Waals surface area contributed by atoms with Crippen molar-refractivity contribution in [1.82, 2.24) is 4.98 Å². The minimum Gasteiger partial charge on any atom is -0.456 e. The van der Waals surface area contributed by atoms with Crippen molar-refractivity contribution in [2.75, 3.05) is 4.90 Å². The van der Waals surface area contributed by atoms with E-state index in [1.54, 1.807) is 22.7 Å². The molecule has 12 aromatic rings. The minimum atomic E-state index is 0.628. The van der Waals surface area contributed by atoms with Crippen molar-refractivity contribution in [3.63, 3.8) is 0 Å². The molecule has 0 aliphatic heterocycles. The van der Waals surface area contributed by atoms with Gasteiger partial charge in [0, 0.05) is 63.9 Å². The molecule has 55 heavy (non-hydrogen) atoms. The van der Waals surface area contributed by atoms with E-state index in [0.29, 0.717) is 5.89 Å². The molecule has 0 saturated carbocycles. The molecule has 12 rings (SSSR count). The Balaban J connectivity index is 1.12. The summed E-state index contributed by atoms with van der Waals surface area (Å²) in [4.78, 5) is 7.65. The molecule has 6 heteroatoms. The molecule has 0 aliphatic carbocycles. The molecule has 0 atom stereocenters. The summed E-state index contributed by atoms with van der Waals surface area (Å²) >= 11 is 3.58. The van der Waals surface area contributed by atoms with Crippen molar-refractivity contribution < 1.29 is 8.83 Å². The van der Waals surface area contributed by atoms with Crippen LogP contribution in [0.15, 0.2) is 179 Å². The van der Waals surface area contributed by atoms with Gasteiger partial charge in [0.15, 0.2) is 5.58 Å². The van der Waals surface area contributed by atoms with Crippen LogP contribution in [0.5, 0.6) is 0 Å². The lowest BCUT2D eigenvalue weighted by Gasteiger charge is -2.26. The van der Waals surface area contributed by atoms with Crippen LogP contribution < -0.4 is 4.90 Å². The van der Waals surface area contributed by atoms with Gasteiger partial charge in [-0.15, -0.1) is 22.7 Å². The first-order valence-electron chi connectivity index (χ1n) is 18.3. The monoisotopic (exact) mass is 740 g/mol. The number of anilines is 3. The number of benzene rings is 8. The molecule has 0 bridgehead atoms. The molecule has 258 valence electrons. The number of aromatic nitrogens is 1. The standard InChI is InChI=1S/C49H28N2O2S2/c1-2-11-29(12-3-1)30-21-23-31(24-22-30)51(32-25-26-34-33-13-4-7-18-41(33)52-42(34)27-32)40-28-39-46(45-37-15-6-9-20-44(37)55-48(40)45)53-49(50-39)38-17-10-16-36-35-14-5-8-19-43(35)54-47(36)38/h1-28H. The van der Waals surface area contributed by atoms with Gasteiger partial charge in [-0.1, -0.05) is 109 Å². The molecule has 0 amide bonds. The lowest BCUT2D eigenvalue weighted by molar-refractivity contribution is 0.624. The highest BCUT2D eigenvalue weighted by atomic mass is 32.1. The van der Waals surface area contributed by atoms with E-state index in [1.165, 1.54) is 30.4 Å². The molecule has 8 aromatic carbocycles. The van der Waals surface area contributed by atoms with Crippen molar-refractivity contribution in [3.05, 3.63) is 170 Å². The maximum absolute atomic E-state index is 6.91. The predicted octanol–water partition coefficient (Wildman–Crippen LogP) is 15.3. The largest absolute Gasteiger partial charge is 0.456 e. The number of oxazole rings is 1. The van der Waals surface area contributed by atoms with Crippen LogP contribution in [-0.2, 0) is 0 Å². The highest BCUT2D eigenvalue weighted by Gasteiger charge is 2.25. The number of nitrogens with zero attached hydrogens (tertiary/aromatic N) is 2. The zero-order valence-corrected chi connectivity index (χ0v) is 30.8. The second kappa shape index (κ2) is 11.9. The van der Waals surface area contributed by atoms with E-state index in [4.69, 9.17) is 13.8 Å². The SMILES string of the molecule is c1ccc(-c2ccc(N(c3ccc4c(c3)oc3ccccc34)c3cc4nc(-c5cccc6c5sc5ccccc56)oc4c4c3sc3ccccc34)cc2)cc1. The Bertz CT molecular complexity index is 3440. The van der Waals surface area contributed by atoms with Crippen LogP contribution in [0.3, 0.4) is 0 Å². The van der Waals surface area contributed by atoms with Gasteiger partial charge >= 0.3 is 0 Å². The first-order valence-corrected chi connectivity index (χ1v) is 19.9. The maximum Gasteiger partial charge on any atom is 0.228 e. The zero-order valence-electron chi connectivity index (χ0n) is 29.2. The lowest BCUT2D eigenvalue weighted by atomic mass is 10.0. The molecule has 4 nitrogen and oxygen atoms in total. The topological polar surface area (TPSA) is 42.4 Å². The van der Waals surface area contributed by atoms with Gasteiger partial charge in [-0.3, -0.25) is 0 Å². The number of thiophene rings is 2. The minimum absolute atomic E-state index is 0.628. The van der Waals surface area contributed by atoms with Gasteiger partial charge in [-0.25, -0.2) is 4.98 Å². The average Bonchev–Trinajstić information content (AvgIpc) is 4.02. The van der Waals surface area contributed by atoms with Gasteiger partial charge in [-0.05, 0) is 65.7 Å². The lowest BCUT2D eigenvalue weighted by Crippen LogP contribution is -2.10. The third-order valence-corrected chi connectivity index (χ3v) is 13.1. The number of furan rings is 1. The van der Waals surface area contributed by atoms with Crippen molar-refractivity contribution in [1.29, 1.82) is 0 Å². The highest BCUT2D eigenvalue weighted by Crippen LogP contribution is 2.50. The van der Waals surface area contributed by atoms with Crippen LogP contribution in [0.1, 0.15) is 0 Å². The van der Waals surface area contributed by atoms with Crippen LogP contribution in [0.25, 0.3) is 96.0 Å². The van der Waals surface area contributed by atoms with Crippen LogP contribution in [-0.4, -0.2) is 4.98 Å². The fourth-order valence-corrected chi connectivity index (χ4v) is 10.6. The molecule has 0 saturated heterocycles. The number of fused-ring (bicyclic) bond motifs is 11. The highest BCUT2D eigenvalue weighted by molar-refractivity contribution is 7.27. The molecule has 0 aliphatic rings. The first-order chi connectivity index (χ1) is 27.2. The van der Waals surface area contributed by atoms with Crippen molar-refractivity contribution in [2.24, 2.45) is 0 Å². The van der Waals surface area contributed by atoms with E-state index in [0.717, 1.165) is 76.7 Å². The van der Waals surface area contributed by atoms with E-state index in [-0.39, 0.29) is 0 Å². The summed E-state index contributed by atoms with van der Waals surface area (Å²) in [6.07, 6.45) is 0. The predicted molar refractivity (Wildman–Crippen MR) is 233 cm³/mol. The van der Waals surface area contributed by atoms with Crippen molar-refractivity contribution in [3.8, 4) is 22.6 Å². The molecular weight excluding hydrogens is 713 g/mol. The molecular formula is C49H28N2O2S2. The summed E-state index contributed by atoms with van der Waals surface area (Å²) < 4.78 is 18.1. The molecule has 0 spiro atoms. The Hall–Kier alpha value is -6.73. The van der Waals surface area contributed by atoms with Crippen LogP contribution in [0.4, 0.5) is 17.1 Å². The molecule has 4 aromatic heterocycles. The fourth-order valence-electron chi connectivity index (χ4n) is 8.17. The first kappa shape index (κ1) is 30.7. The van der Waals surface area contributed by atoms with Gasteiger partial charge in [0.2, 0.25) is 5.89 Å². The van der Waals surface area contributed by atoms with Crippen molar-refractivity contribution in [2.45, 2.75) is 0 Å². The number of para-hydroxylation sites is 1. The zero-order chi connectivity index (χ0) is 36.0. The molecule has 0 radical (unpaired) electrons. The van der Waals surface area contributed by atoms with E-state index < -0.39 is 0 Å². The van der Waals surface area contributed by atoms with E-state index in [1.807, 2.05) is 12.1 Å². The van der Waals surface area contributed by atoms with Gasteiger partial charge in [0.05, 0.1) is 16.0 Å². The third-order valence-electron chi connectivity index (χ3n) is 10.7. The summed E-state index contributed by atoms with van der Waals surface area (Å²) in [6.45, 7) is 0. The number of rotatable bonds is 5. The fraction of sp³-hybridized carbons (Fsp3) is 0. The Labute approximate surface area is 322 Å². The van der Waals surface area contributed by atoms with E-state index >= 15 is 0 Å². The summed E-state index contributed by atoms with van der Waals surface area (Å²) in [6, 6.07) is 60.0. The average molecular weight is 741 g/mol. The van der Waals surface area contributed by atoms with Crippen LogP contribution in [0, 0.1) is 0 Å². The van der Waals surface area contributed by atoms with Crippen molar-refractivity contribution >= 4 is 113 Å². The second-order valence-corrected chi connectivity index (χ2v) is 16.0. The second-order valence-electron chi connectivity index (χ2n) is 13.9. The summed E-state index contributed by atoms with van der Waals surface area (Å²) in [7, 11) is 0. The van der Waals surface area contributed by atoms with Gasteiger partial charge < -0.3 is 13.7 Å². The summed E-state index contributed by atoms with van der Waals surface area (Å²) in [5.74, 6) is 0.628. The van der Waals surface area contributed by atoms with E-state index in [9.17, 15) is 0 Å². The maximum atomic E-state index is 6.91. The van der Waals surface area contributed by atoms with Gasteiger partial charge in [0.1, 0.15) is 16.7 Å². The van der Waals surface area contributed by atoms with Gasteiger partial charge in [0.25, 0.3) is 0 Å². The molecule has 0 fully saturated rings. The third kappa shape index (κ3) is 4.72. The molecule has 4 heterocycles. The Kier molecular flexibility index (Phi) is 6.64. The van der Waals surface area contributed by atoms with Crippen LogP contribution >= 0.6 is 22.7 Å². The summed E-state index contributed by atoms with van der Waals surface area (Å²) in [5.41, 5.74) is 9.76. The van der Waals surface area contributed by atoms with Gasteiger partial charge in [-0.2, -0.15) is 0 Å². The summed E-state index contributed by atoms with van der Waals surface area (Å²) in [5, 5.41) is 6.91. The smallest absolute Gasteiger partial charge is 0.228 e.